The third-order valence-electron chi connectivity index (χ3n) is 4.12. The predicted octanol–water partition coefficient (Wildman–Crippen LogP) is -3.21. The summed E-state index contributed by atoms with van der Waals surface area (Å²) in [5, 5.41) is 13.3. The summed E-state index contributed by atoms with van der Waals surface area (Å²) in [6.45, 7) is 0.283. The van der Waals surface area contributed by atoms with E-state index in [2.05, 4.69) is 15.3 Å². The van der Waals surface area contributed by atoms with Crippen molar-refractivity contribution in [2.75, 3.05) is 23.5 Å². The molecule has 0 aromatic carbocycles. The second kappa shape index (κ2) is 5.03. The van der Waals surface area contributed by atoms with Gasteiger partial charge in [-0.05, 0) is 0 Å². The first kappa shape index (κ1) is 15.1. The van der Waals surface area contributed by atoms with E-state index in [1.807, 2.05) is 0 Å². The quantitative estimate of drug-likeness (QED) is 0.262. The Morgan fingerprint density at radius 1 is 1.35 bits per heavy atom. The summed E-state index contributed by atoms with van der Waals surface area (Å²) in [6.07, 6.45) is -3.19. The van der Waals surface area contributed by atoms with Crippen LogP contribution in [-0.2, 0) is 13.8 Å². The van der Waals surface area contributed by atoms with E-state index in [4.69, 9.17) is 13.8 Å². The Balaban J connectivity index is 1.64. The van der Waals surface area contributed by atoms with E-state index < -0.39 is 43.6 Å². The number of fused-ring (bicyclic) bond motifs is 2. The number of hydrogen-bond acceptors (Lipinski definition) is 9. The average molecular weight is 346 g/mol. The molecule has 2 fully saturated rings. The molecule has 0 saturated carbocycles. The van der Waals surface area contributed by atoms with E-state index in [-0.39, 0.29) is 24.8 Å². The second-order valence-electron chi connectivity index (χ2n) is 5.78. The molecular formula is C10H16BN4O7P. The van der Waals surface area contributed by atoms with E-state index in [1.165, 1.54) is 12.5 Å². The first-order valence-corrected chi connectivity index (χ1v) is 9.37. The van der Waals surface area contributed by atoms with Crippen LogP contribution in [0.25, 0.3) is 0 Å². The topological polar surface area (TPSA) is 149 Å². The summed E-state index contributed by atoms with van der Waals surface area (Å²) in [5.74, 6) is 0.242. The van der Waals surface area contributed by atoms with Crippen LogP contribution in [0, 0.1) is 0 Å². The zero-order chi connectivity index (χ0) is 16.4. The number of rotatable bonds is 1. The van der Waals surface area contributed by atoms with Crippen LogP contribution in [0.2, 0.25) is 0 Å². The molecule has 3 aliphatic heterocycles. The Bertz CT molecular complexity index is 753. The molecule has 13 heteroatoms. The molecule has 0 aliphatic carbocycles. The van der Waals surface area contributed by atoms with Gasteiger partial charge < -0.3 is 0 Å². The Hall–Kier alpha value is -1.43. The van der Waals surface area contributed by atoms with Crippen molar-refractivity contribution in [1.82, 2.24) is 9.97 Å². The molecule has 126 valence electrons. The van der Waals surface area contributed by atoms with Crippen LogP contribution in [0.4, 0.5) is 11.5 Å². The monoisotopic (exact) mass is 346 g/mol. The Kier molecular flexibility index (Phi) is 3.31. The minimum atomic E-state index is -3.26. The second-order valence-corrected chi connectivity index (χ2v) is 8.10. The molecule has 0 spiro atoms. The molecule has 4 atom stereocenters. The molecule has 1 aromatic rings. The van der Waals surface area contributed by atoms with E-state index in [0.29, 0.717) is 0 Å². The zero-order valence-corrected chi connectivity index (χ0v) is 13.1. The molecule has 2 saturated heterocycles. The number of H-pyrrole nitrogens is 2. The van der Waals surface area contributed by atoms with Gasteiger partial charge in [0.15, 0.2) is 0 Å². The van der Waals surface area contributed by atoms with Crippen molar-refractivity contribution >= 4 is 26.9 Å². The van der Waals surface area contributed by atoms with Crippen LogP contribution in [0.1, 0.15) is 0 Å². The summed E-state index contributed by atoms with van der Waals surface area (Å²) in [5.41, 5.74) is -0.998. The van der Waals surface area contributed by atoms with Crippen LogP contribution in [0.15, 0.2) is 9.59 Å². The van der Waals surface area contributed by atoms with Gasteiger partial charge in [0, 0.05) is 0 Å². The van der Waals surface area contributed by atoms with Crippen LogP contribution < -0.4 is 21.5 Å². The molecule has 23 heavy (non-hydrogen) atoms. The SMILES string of the molecule is B[PH]1(O)OCC2OC(N3CNc4c3[nH]c(=O)[nH]c4=O)C(O)[C@@H]2O1. The van der Waals surface area contributed by atoms with Crippen LogP contribution >= 0.6 is 7.82 Å². The fourth-order valence-electron chi connectivity index (χ4n) is 3.09. The van der Waals surface area contributed by atoms with Gasteiger partial charge in [-0.2, -0.15) is 0 Å². The van der Waals surface area contributed by atoms with Crippen molar-refractivity contribution in [3.63, 3.8) is 0 Å². The average Bonchev–Trinajstić information content (AvgIpc) is 3.00. The molecule has 11 nitrogen and oxygen atoms in total. The van der Waals surface area contributed by atoms with Crippen molar-refractivity contribution in [3.8, 4) is 0 Å². The summed E-state index contributed by atoms with van der Waals surface area (Å²) < 4.78 is 16.4. The van der Waals surface area contributed by atoms with Crippen LogP contribution in [0.3, 0.4) is 0 Å². The van der Waals surface area contributed by atoms with E-state index in [0.717, 1.165) is 0 Å². The number of aliphatic hydroxyl groups excluding tert-OH is 1. The molecule has 0 radical (unpaired) electrons. The maximum absolute atomic E-state index is 11.8. The molecule has 0 bridgehead atoms. The van der Waals surface area contributed by atoms with Crippen molar-refractivity contribution in [3.05, 3.63) is 20.8 Å². The standard InChI is InChI=1S/C10H16BN4O7P/c11-23(19)20-1-3-6(22-23)5(16)9(21-3)15-2-12-4-7(15)13-10(18)14-8(4)17/h3,5-6,9,12,16,19,23H,1-2,11H2,(H2,13,14,17,18)/t3?,5?,6-,9?/m1/s1. The van der Waals surface area contributed by atoms with Gasteiger partial charge >= 0.3 is 130 Å². The number of nitrogens with zero attached hydrogens (tertiary/aromatic N) is 1. The molecule has 4 heterocycles. The molecule has 3 aliphatic rings. The van der Waals surface area contributed by atoms with Crippen LogP contribution in [0.5, 0.6) is 0 Å². The molecule has 5 N–H and O–H groups in total. The van der Waals surface area contributed by atoms with Gasteiger partial charge in [0.25, 0.3) is 0 Å². The fourth-order valence-corrected chi connectivity index (χ4v) is 4.43. The Morgan fingerprint density at radius 2 is 2.13 bits per heavy atom. The summed E-state index contributed by atoms with van der Waals surface area (Å²) >= 11 is 0. The first-order valence-electron chi connectivity index (χ1n) is 7.10. The number of nitrogens with one attached hydrogen (secondary N) is 3. The van der Waals surface area contributed by atoms with E-state index >= 15 is 0 Å². The number of ether oxygens (including phenoxy) is 1. The fraction of sp³-hybridized carbons (Fsp3) is 0.600. The molecule has 0 amide bonds. The zero-order valence-electron chi connectivity index (χ0n) is 12.1. The summed E-state index contributed by atoms with van der Waals surface area (Å²) in [7, 11) is -1.80. The Labute approximate surface area is 130 Å². The van der Waals surface area contributed by atoms with Gasteiger partial charge in [-0.15, -0.1) is 0 Å². The van der Waals surface area contributed by atoms with Crippen molar-refractivity contribution in [2.24, 2.45) is 0 Å². The number of aromatic nitrogens is 2. The van der Waals surface area contributed by atoms with Gasteiger partial charge in [-0.25, -0.2) is 0 Å². The number of anilines is 2. The third-order valence-corrected chi connectivity index (χ3v) is 5.53. The van der Waals surface area contributed by atoms with Crippen molar-refractivity contribution in [2.45, 2.75) is 24.5 Å². The predicted molar refractivity (Wildman–Crippen MR) is 83.2 cm³/mol. The molecule has 4 rings (SSSR count). The number of hydrogen-bond donors (Lipinski definition) is 5. The summed E-state index contributed by atoms with van der Waals surface area (Å²) in [6, 6.07) is 0. The van der Waals surface area contributed by atoms with E-state index in [9.17, 15) is 19.6 Å². The van der Waals surface area contributed by atoms with Gasteiger partial charge in [-0.3, -0.25) is 0 Å². The number of aliphatic hydroxyl groups is 1. The van der Waals surface area contributed by atoms with Crippen molar-refractivity contribution < 1.29 is 23.8 Å². The minimum absolute atomic E-state index is 0.109. The van der Waals surface area contributed by atoms with Crippen molar-refractivity contribution in [1.29, 1.82) is 0 Å². The Morgan fingerprint density at radius 3 is 2.91 bits per heavy atom. The van der Waals surface area contributed by atoms with Gasteiger partial charge in [-0.1, -0.05) is 0 Å². The van der Waals surface area contributed by atoms with Gasteiger partial charge in [0.2, 0.25) is 0 Å². The van der Waals surface area contributed by atoms with Gasteiger partial charge in [0.1, 0.15) is 0 Å². The van der Waals surface area contributed by atoms with E-state index in [1.54, 1.807) is 0 Å². The van der Waals surface area contributed by atoms with Gasteiger partial charge in [0.05, 0.1) is 0 Å². The third kappa shape index (κ3) is 2.38. The molecule has 1 aromatic heterocycles. The summed E-state index contributed by atoms with van der Waals surface area (Å²) in [4.78, 5) is 39.4. The number of aromatic amines is 2. The first-order chi connectivity index (χ1) is 10.9. The van der Waals surface area contributed by atoms with Crippen LogP contribution in [-0.4, -0.2) is 65.3 Å². The normalized spacial score (nSPS) is 36.2. The molecular weight excluding hydrogens is 330 g/mol. The maximum atomic E-state index is 11.8. The molecule has 3 unspecified atom stereocenters.